The van der Waals surface area contributed by atoms with E-state index in [0.717, 1.165) is 11.8 Å². The SMILES string of the molecule is O=CCc1ccnc(-c2ccnc(F)c2)c1. The number of nitrogens with zero attached hydrogens (tertiary/aromatic N) is 2. The van der Waals surface area contributed by atoms with Gasteiger partial charge in [0, 0.05) is 30.4 Å². The lowest BCUT2D eigenvalue weighted by Gasteiger charge is -2.02. The van der Waals surface area contributed by atoms with Gasteiger partial charge >= 0.3 is 0 Å². The smallest absolute Gasteiger partial charge is 0.213 e. The summed E-state index contributed by atoms with van der Waals surface area (Å²) in [5.41, 5.74) is 2.15. The highest BCUT2D eigenvalue weighted by atomic mass is 19.1. The summed E-state index contributed by atoms with van der Waals surface area (Å²) >= 11 is 0. The Morgan fingerprint density at radius 3 is 2.75 bits per heavy atom. The van der Waals surface area contributed by atoms with Gasteiger partial charge in [-0.05, 0) is 23.8 Å². The molecular formula is C12H9FN2O. The highest BCUT2D eigenvalue weighted by molar-refractivity contribution is 5.61. The van der Waals surface area contributed by atoms with E-state index in [-0.39, 0.29) is 0 Å². The van der Waals surface area contributed by atoms with E-state index in [1.807, 2.05) is 0 Å². The first-order valence-corrected chi connectivity index (χ1v) is 4.80. The summed E-state index contributed by atoms with van der Waals surface area (Å²) in [5, 5.41) is 0. The van der Waals surface area contributed by atoms with E-state index in [1.165, 1.54) is 12.3 Å². The zero-order valence-electron chi connectivity index (χ0n) is 8.43. The van der Waals surface area contributed by atoms with Crippen molar-refractivity contribution in [3.63, 3.8) is 0 Å². The van der Waals surface area contributed by atoms with Crippen molar-refractivity contribution in [1.29, 1.82) is 0 Å². The standard InChI is InChI=1S/C12H9FN2O/c13-12-8-10(2-5-15-12)11-7-9(3-6-16)1-4-14-11/h1-2,4-8H,3H2. The van der Waals surface area contributed by atoms with Gasteiger partial charge in [-0.2, -0.15) is 4.39 Å². The minimum Gasteiger partial charge on any atom is -0.303 e. The van der Waals surface area contributed by atoms with E-state index < -0.39 is 5.95 Å². The Bertz CT molecular complexity index is 514. The molecule has 3 nitrogen and oxygen atoms in total. The number of halogens is 1. The van der Waals surface area contributed by atoms with Crippen LogP contribution in [0.5, 0.6) is 0 Å². The molecule has 0 saturated carbocycles. The Balaban J connectivity index is 2.40. The van der Waals surface area contributed by atoms with Crippen LogP contribution in [0.4, 0.5) is 4.39 Å². The van der Waals surface area contributed by atoms with Crippen LogP contribution in [0, 0.1) is 5.95 Å². The normalized spacial score (nSPS) is 10.1. The van der Waals surface area contributed by atoms with E-state index in [0.29, 0.717) is 17.7 Å². The molecule has 0 fully saturated rings. The molecule has 2 heterocycles. The van der Waals surface area contributed by atoms with Crippen molar-refractivity contribution in [2.75, 3.05) is 0 Å². The molecule has 0 aliphatic carbocycles. The third-order valence-electron chi connectivity index (χ3n) is 2.17. The number of rotatable bonds is 3. The lowest BCUT2D eigenvalue weighted by molar-refractivity contribution is -0.107. The summed E-state index contributed by atoms with van der Waals surface area (Å²) in [5.74, 6) is -0.542. The first-order chi connectivity index (χ1) is 7.79. The fraction of sp³-hybridized carbons (Fsp3) is 0.0833. The van der Waals surface area contributed by atoms with Gasteiger partial charge in [0.2, 0.25) is 5.95 Å². The van der Waals surface area contributed by atoms with Gasteiger partial charge in [-0.3, -0.25) is 4.98 Å². The van der Waals surface area contributed by atoms with Gasteiger partial charge in [-0.15, -0.1) is 0 Å². The fourth-order valence-electron chi connectivity index (χ4n) is 1.42. The topological polar surface area (TPSA) is 42.9 Å². The first kappa shape index (κ1) is 10.4. The van der Waals surface area contributed by atoms with Crippen molar-refractivity contribution in [1.82, 2.24) is 9.97 Å². The quantitative estimate of drug-likeness (QED) is 0.582. The van der Waals surface area contributed by atoms with Gasteiger partial charge in [-0.25, -0.2) is 4.98 Å². The summed E-state index contributed by atoms with van der Waals surface area (Å²) in [4.78, 5) is 18.0. The molecular weight excluding hydrogens is 207 g/mol. The molecule has 2 aromatic heterocycles. The maximum Gasteiger partial charge on any atom is 0.213 e. The maximum absolute atomic E-state index is 12.9. The lowest BCUT2D eigenvalue weighted by atomic mass is 10.1. The second-order valence-corrected chi connectivity index (χ2v) is 3.29. The first-order valence-electron chi connectivity index (χ1n) is 4.80. The largest absolute Gasteiger partial charge is 0.303 e. The molecule has 0 unspecified atom stereocenters. The highest BCUT2D eigenvalue weighted by Crippen LogP contribution is 2.17. The van der Waals surface area contributed by atoms with Crippen LogP contribution in [0.1, 0.15) is 5.56 Å². The molecule has 80 valence electrons. The number of aromatic nitrogens is 2. The minimum atomic E-state index is -0.542. The number of pyridine rings is 2. The predicted octanol–water partition coefficient (Wildman–Crippen LogP) is 2.02. The molecule has 0 aliphatic rings. The zero-order chi connectivity index (χ0) is 11.4. The third-order valence-corrected chi connectivity index (χ3v) is 2.17. The Kier molecular flexibility index (Phi) is 3.00. The summed E-state index contributed by atoms with van der Waals surface area (Å²) in [6, 6.07) is 6.52. The van der Waals surface area contributed by atoms with Crippen molar-refractivity contribution in [2.45, 2.75) is 6.42 Å². The minimum absolute atomic E-state index is 0.336. The zero-order valence-corrected chi connectivity index (χ0v) is 8.43. The molecule has 0 saturated heterocycles. The molecule has 0 bridgehead atoms. The van der Waals surface area contributed by atoms with Crippen LogP contribution < -0.4 is 0 Å². The Hall–Kier alpha value is -2.10. The molecule has 2 rings (SSSR count). The molecule has 0 N–H and O–H groups in total. The summed E-state index contributed by atoms with van der Waals surface area (Å²) in [7, 11) is 0. The van der Waals surface area contributed by atoms with Gasteiger partial charge in [0.25, 0.3) is 0 Å². The number of hydrogen-bond acceptors (Lipinski definition) is 3. The molecule has 4 heteroatoms. The van der Waals surface area contributed by atoms with Crippen molar-refractivity contribution in [3.8, 4) is 11.3 Å². The summed E-state index contributed by atoms with van der Waals surface area (Å²) in [6.07, 6.45) is 4.15. The molecule has 0 aromatic carbocycles. The monoisotopic (exact) mass is 216 g/mol. The van der Waals surface area contributed by atoms with E-state index in [1.54, 1.807) is 24.4 Å². The predicted molar refractivity (Wildman–Crippen MR) is 57.2 cm³/mol. The Morgan fingerprint density at radius 2 is 2.00 bits per heavy atom. The van der Waals surface area contributed by atoms with Crippen LogP contribution in [0.15, 0.2) is 36.7 Å². The Morgan fingerprint density at radius 1 is 1.19 bits per heavy atom. The van der Waals surface area contributed by atoms with Crippen LogP contribution in [0.3, 0.4) is 0 Å². The van der Waals surface area contributed by atoms with Crippen molar-refractivity contribution in [2.24, 2.45) is 0 Å². The van der Waals surface area contributed by atoms with Gasteiger partial charge in [0.1, 0.15) is 6.29 Å². The molecule has 0 spiro atoms. The van der Waals surface area contributed by atoms with E-state index in [2.05, 4.69) is 9.97 Å². The second kappa shape index (κ2) is 4.61. The van der Waals surface area contributed by atoms with Crippen molar-refractivity contribution < 1.29 is 9.18 Å². The van der Waals surface area contributed by atoms with Gasteiger partial charge in [0.05, 0.1) is 5.69 Å². The molecule has 0 radical (unpaired) electrons. The highest BCUT2D eigenvalue weighted by Gasteiger charge is 2.02. The third kappa shape index (κ3) is 2.28. The van der Waals surface area contributed by atoms with Crippen LogP contribution in [0.2, 0.25) is 0 Å². The number of carbonyl (C=O) groups excluding carboxylic acids is 1. The summed E-state index contributed by atoms with van der Waals surface area (Å²) < 4.78 is 12.9. The number of hydrogen-bond donors (Lipinski definition) is 0. The molecule has 16 heavy (non-hydrogen) atoms. The maximum atomic E-state index is 12.9. The van der Waals surface area contributed by atoms with Crippen LogP contribution in [0.25, 0.3) is 11.3 Å². The lowest BCUT2D eigenvalue weighted by Crippen LogP contribution is -1.91. The molecule has 0 atom stereocenters. The number of carbonyl (C=O) groups is 1. The summed E-state index contributed by atoms with van der Waals surface area (Å²) in [6.45, 7) is 0. The van der Waals surface area contributed by atoms with Crippen LogP contribution in [-0.2, 0) is 11.2 Å². The average Bonchev–Trinajstić information content (AvgIpc) is 2.30. The van der Waals surface area contributed by atoms with E-state index in [4.69, 9.17) is 0 Å². The molecule has 0 aliphatic heterocycles. The Labute approximate surface area is 92.0 Å². The van der Waals surface area contributed by atoms with E-state index in [9.17, 15) is 9.18 Å². The average molecular weight is 216 g/mol. The van der Waals surface area contributed by atoms with Gasteiger partial charge < -0.3 is 4.79 Å². The number of aldehydes is 1. The van der Waals surface area contributed by atoms with Gasteiger partial charge in [-0.1, -0.05) is 0 Å². The van der Waals surface area contributed by atoms with E-state index >= 15 is 0 Å². The second-order valence-electron chi connectivity index (χ2n) is 3.29. The van der Waals surface area contributed by atoms with Crippen LogP contribution >= 0.6 is 0 Å². The fourth-order valence-corrected chi connectivity index (χ4v) is 1.42. The van der Waals surface area contributed by atoms with Gasteiger partial charge in [0.15, 0.2) is 0 Å². The van der Waals surface area contributed by atoms with Crippen molar-refractivity contribution in [3.05, 3.63) is 48.2 Å². The molecule has 0 amide bonds. The molecule has 2 aromatic rings. The van der Waals surface area contributed by atoms with Crippen molar-refractivity contribution >= 4 is 6.29 Å². The van der Waals surface area contributed by atoms with Crippen LogP contribution in [-0.4, -0.2) is 16.3 Å².